The van der Waals surface area contributed by atoms with Crippen LogP contribution in [0.2, 0.25) is 0 Å². The predicted molar refractivity (Wildman–Crippen MR) is 126 cm³/mol. The highest BCUT2D eigenvalue weighted by Crippen LogP contribution is 2.31. The molecule has 0 spiro atoms. The van der Waals surface area contributed by atoms with Crippen LogP contribution in [0.25, 0.3) is 11.3 Å². The number of rotatable bonds is 6. The van der Waals surface area contributed by atoms with Gasteiger partial charge in [-0.15, -0.1) is 0 Å². The molecule has 1 amide bonds. The van der Waals surface area contributed by atoms with Gasteiger partial charge in [-0.2, -0.15) is 10.1 Å². The van der Waals surface area contributed by atoms with E-state index >= 15 is 0 Å². The van der Waals surface area contributed by atoms with Crippen molar-refractivity contribution >= 4 is 23.5 Å². The number of nitrogens with zero attached hydrogens (tertiary/aromatic N) is 7. The topological polar surface area (TPSA) is 167 Å². The third-order valence-corrected chi connectivity index (χ3v) is 5.90. The lowest BCUT2D eigenvalue weighted by Gasteiger charge is -2.26. The molecule has 0 aromatic carbocycles. The number of nitrogens with two attached hydrogens (primary N) is 3. The average molecular weight is 457 g/mol. The average Bonchev–Trinajstić information content (AvgIpc) is 3.10. The molecule has 4 heterocycles. The second-order valence-corrected chi connectivity index (χ2v) is 8.32. The van der Waals surface area contributed by atoms with Gasteiger partial charge >= 0.3 is 5.91 Å². The maximum atomic E-state index is 12.5. The first-order valence-electron chi connectivity index (χ1n) is 11.4. The van der Waals surface area contributed by atoms with Gasteiger partial charge in [0.25, 0.3) is 0 Å². The van der Waals surface area contributed by atoms with Crippen LogP contribution in [0.1, 0.15) is 36.2 Å². The second kappa shape index (κ2) is 10.6. The van der Waals surface area contributed by atoms with Gasteiger partial charge in [-0.3, -0.25) is 14.4 Å². The molecule has 2 aromatic rings. The monoisotopic (exact) mass is 456 g/mol. The number of amides is 1. The lowest BCUT2D eigenvalue weighted by atomic mass is 10.2. The predicted octanol–water partition coefficient (Wildman–Crippen LogP) is 0.0485. The molecule has 12 nitrogen and oxygen atoms in total. The molecule has 0 unspecified atom stereocenters. The minimum atomic E-state index is -0.719. The first-order valence-corrected chi connectivity index (χ1v) is 11.4. The maximum Gasteiger partial charge on any atom is 0.302 e. The van der Waals surface area contributed by atoms with Gasteiger partial charge in [-0.1, -0.05) is 12.8 Å². The first-order chi connectivity index (χ1) is 16.0. The summed E-state index contributed by atoms with van der Waals surface area (Å²) in [5.41, 5.74) is 18.1. The molecule has 2 aliphatic heterocycles. The number of hydrogen-bond donors (Lipinski definition) is 3. The number of carbonyl (C=O) groups excluding carboxylic acids is 1. The Morgan fingerprint density at radius 3 is 2.45 bits per heavy atom. The van der Waals surface area contributed by atoms with Crippen molar-refractivity contribution in [1.29, 1.82) is 0 Å². The van der Waals surface area contributed by atoms with Crippen LogP contribution in [0.5, 0.6) is 0 Å². The molecule has 2 aliphatic rings. The zero-order valence-electron chi connectivity index (χ0n) is 18.8. The number of morpholine rings is 1. The summed E-state index contributed by atoms with van der Waals surface area (Å²) in [6.45, 7) is 6.70. The number of anilines is 2. The summed E-state index contributed by atoms with van der Waals surface area (Å²) < 4.78 is 7.29. The summed E-state index contributed by atoms with van der Waals surface area (Å²) in [6, 6.07) is 0. The van der Waals surface area contributed by atoms with E-state index in [-0.39, 0.29) is 17.5 Å². The van der Waals surface area contributed by atoms with E-state index in [1.54, 1.807) is 6.20 Å². The molecule has 6 N–H and O–H groups in total. The van der Waals surface area contributed by atoms with Gasteiger partial charge in [0.05, 0.1) is 26.0 Å². The van der Waals surface area contributed by atoms with Crippen LogP contribution in [0.4, 0.5) is 11.6 Å². The summed E-state index contributed by atoms with van der Waals surface area (Å²) in [4.78, 5) is 29.8. The van der Waals surface area contributed by atoms with Crippen LogP contribution >= 0.6 is 0 Å². The molecule has 2 aromatic heterocycles. The zero-order chi connectivity index (χ0) is 23.2. The lowest BCUT2D eigenvalue weighted by molar-refractivity contribution is 0.0360. The van der Waals surface area contributed by atoms with Gasteiger partial charge in [0, 0.05) is 44.5 Å². The summed E-state index contributed by atoms with van der Waals surface area (Å²) in [5.74, 6) is -0.408. The van der Waals surface area contributed by atoms with Crippen molar-refractivity contribution in [3.63, 3.8) is 0 Å². The SMILES string of the molecule is NC(N)=NC(=O)c1nc(-c2cnn(CCN3CCOCC3)c2)c(N2CCCCCC2)nc1N. The van der Waals surface area contributed by atoms with E-state index < -0.39 is 5.91 Å². The molecular weight excluding hydrogens is 424 g/mol. The third kappa shape index (κ3) is 5.76. The molecule has 2 saturated heterocycles. The van der Waals surface area contributed by atoms with Gasteiger partial charge in [-0.25, -0.2) is 9.97 Å². The number of aliphatic imine (C=N–C) groups is 1. The van der Waals surface area contributed by atoms with Crippen molar-refractivity contribution in [3.8, 4) is 11.3 Å². The van der Waals surface area contributed by atoms with Crippen molar-refractivity contribution < 1.29 is 9.53 Å². The maximum absolute atomic E-state index is 12.5. The standard InChI is InChI=1S/C21H32N10O2/c22-18-17(20(32)28-21(23)24)26-16(19(27-18)30-5-3-1-2-4-6-30)15-13-25-31(14-15)8-7-29-9-11-33-12-10-29/h13-14H,1-12H2,(H2,22,27)(H4,23,24,28,32). The van der Waals surface area contributed by atoms with Crippen molar-refractivity contribution in [2.45, 2.75) is 32.2 Å². The van der Waals surface area contributed by atoms with E-state index in [0.29, 0.717) is 11.5 Å². The van der Waals surface area contributed by atoms with Gasteiger partial charge in [0.2, 0.25) is 0 Å². The highest BCUT2D eigenvalue weighted by atomic mass is 16.5. The van der Waals surface area contributed by atoms with Crippen LogP contribution in [0.15, 0.2) is 17.4 Å². The summed E-state index contributed by atoms with van der Waals surface area (Å²) in [7, 11) is 0. The van der Waals surface area contributed by atoms with Crippen LogP contribution in [0.3, 0.4) is 0 Å². The molecule has 33 heavy (non-hydrogen) atoms. The fraction of sp³-hybridized carbons (Fsp3) is 0.571. The molecule has 0 atom stereocenters. The van der Waals surface area contributed by atoms with Crippen LogP contribution < -0.4 is 22.1 Å². The third-order valence-electron chi connectivity index (χ3n) is 5.90. The smallest absolute Gasteiger partial charge is 0.302 e. The van der Waals surface area contributed by atoms with Crippen molar-refractivity contribution in [3.05, 3.63) is 18.1 Å². The van der Waals surface area contributed by atoms with Crippen LogP contribution in [-0.2, 0) is 11.3 Å². The van der Waals surface area contributed by atoms with Gasteiger partial charge < -0.3 is 26.8 Å². The largest absolute Gasteiger partial charge is 0.382 e. The van der Waals surface area contributed by atoms with Crippen LogP contribution in [0, 0.1) is 0 Å². The number of aromatic nitrogens is 4. The van der Waals surface area contributed by atoms with E-state index in [4.69, 9.17) is 21.9 Å². The normalized spacial score (nSPS) is 17.5. The fourth-order valence-electron chi connectivity index (χ4n) is 4.14. The van der Waals surface area contributed by atoms with Gasteiger partial charge in [0.1, 0.15) is 5.69 Å². The Labute approximate surface area is 192 Å². The van der Waals surface area contributed by atoms with Crippen LogP contribution in [-0.4, -0.2) is 82.5 Å². The minimum absolute atomic E-state index is 0.00714. The first kappa shape index (κ1) is 22.9. The molecule has 0 aliphatic carbocycles. The Bertz CT molecular complexity index is 987. The Kier molecular flexibility index (Phi) is 7.35. The number of carbonyl (C=O) groups is 1. The quantitative estimate of drug-likeness (QED) is 0.399. The van der Waals surface area contributed by atoms with E-state index in [1.165, 1.54) is 12.8 Å². The Morgan fingerprint density at radius 1 is 1.03 bits per heavy atom. The Hall–Kier alpha value is -3.25. The molecule has 2 fully saturated rings. The summed E-state index contributed by atoms with van der Waals surface area (Å²) in [5, 5.41) is 4.52. The molecule has 178 valence electrons. The molecule has 0 radical (unpaired) electrons. The number of hydrogen-bond acceptors (Lipinski definition) is 8. The minimum Gasteiger partial charge on any atom is -0.382 e. The zero-order valence-corrected chi connectivity index (χ0v) is 18.8. The Morgan fingerprint density at radius 2 is 1.76 bits per heavy atom. The highest BCUT2D eigenvalue weighted by Gasteiger charge is 2.24. The fourth-order valence-corrected chi connectivity index (χ4v) is 4.14. The Balaban J connectivity index is 1.64. The molecule has 0 saturated carbocycles. The summed E-state index contributed by atoms with van der Waals surface area (Å²) >= 11 is 0. The van der Waals surface area contributed by atoms with E-state index in [0.717, 1.165) is 70.9 Å². The van der Waals surface area contributed by atoms with Crippen molar-refractivity contribution in [1.82, 2.24) is 24.6 Å². The molecule has 4 rings (SSSR count). The number of ether oxygens (including phenoxy) is 1. The van der Waals surface area contributed by atoms with E-state index in [2.05, 4.69) is 29.9 Å². The molecule has 12 heteroatoms. The van der Waals surface area contributed by atoms with Crippen molar-refractivity contribution in [2.24, 2.45) is 16.5 Å². The molecule has 0 bridgehead atoms. The number of guanidine groups is 1. The van der Waals surface area contributed by atoms with Gasteiger partial charge in [0.15, 0.2) is 23.3 Å². The summed E-state index contributed by atoms with van der Waals surface area (Å²) in [6.07, 6.45) is 8.15. The van der Waals surface area contributed by atoms with E-state index in [9.17, 15) is 4.79 Å². The lowest BCUT2D eigenvalue weighted by Crippen LogP contribution is -2.38. The molecular formula is C21H32N10O2. The van der Waals surface area contributed by atoms with E-state index in [1.807, 2.05) is 10.9 Å². The highest BCUT2D eigenvalue weighted by molar-refractivity contribution is 6.03. The second-order valence-electron chi connectivity index (χ2n) is 8.32. The van der Waals surface area contributed by atoms with Gasteiger partial charge in [-0.05, 0) is 12.8 Å². The van der Waals surface area contributed by atoms with Crippen molar-refractivity contribution in [2.75, 3.05) is 56.6 Å². The number of nitrogen functional groups attached to an aromatic ring is 1.